The van der Waals surface area contributed by atoms with Crippen LogP contribution in [-0.2, 0) is 31.2 Å². The van der Waals surface area contributed by atoms with Crippen LogP contribution in [0.5, 0.6) is 0 Å². The van der Waals surface area contributed by atoms with E-state index in [0.717, 1.165) is 28.5 Å². The Morgan fingerprint density at radius 2 is 2.00 bits per heavy atom. The lowest BCUT2D eigenvalue weighted by atomic mass is 9.99. The summed E-state index contributed by atoms with van der Waals surface area (Å²) >= 11 is 2.94. The Balaban J connectivity index is 2.02. The van der Waals surface area contributed by atoms with E-state index in [2.05, 4.69) is 4.99 Å². The number of thiazole rings is 1. The predicted molar refractivity (Wildman–Crippen MR) is 121 cm³/mol. The lowest BCUT2D eigenvalue weighted by molar-refractivity contribution is -0.122. The van der Waals surface area contributed by atoms with Crippen LogP contribution in [0.1, 0.15) is 12.8 Å². The fourth-order valence-electron chi connectivity index (χ4n) is 3.40. The first-order valence-electron chi connectivity index (χ1n) is 9.37. The molecule has 1 aromatic carbocycles. The molecular formula is C18H25N3O5S4. The first kappa shape index (κ1) is 23.5. The van der Waals surface area contributed by atoms with Crippen molar-refractivity contribution in [1.29, 1.82) is 0 Å². The van der Waals surface area contributed by atoms with Crippen molar-refractivity contribution in [3.8, 4) is 0 Å². The molecule has 1 atom stereocenters. The highest BCUT2D eigenvalue weighted by atomic mass is 32.2. The molecule has 0 aliphatic carbocycles. The lowest BCUT2D eigenvalue weighted by Gasteiger charge is -2.28. The zero-order valence-corrected chi connectivity index (χ0v) is 20.3. The molecule has 1 saturated heterocycles. The molecule has 2 heterocycles. The fraction of sp³-hybridized carbons (Fsp3) is 0.556. The molecule has 1 aliphatic rings. The second kappa shape index (κ2) is 9.11. The molecule has 8 nitrogen and oxygen atoms in total. The third-order valence-corrected chi connectivity index (χ3v) is 9.02. The number of piperidine rings is 1. The molecule has 0 N–H and O–H groups in total. The maximum absolute atomic E-state index is 12.9. The Morgan fingerprint density at radius 3 is 2.63 bits per heavy atom. The van der Waals surface area contributed by atoms with Crippen LogP contribution in [0.4, 0.5) is 0 Å². The molecule has 166 valence electrons. The summed E-state index contributed by atoms with van der Waals surface area (Å²) in [4.78, 5) is 17.9. The maximum atomic E-state index is 12.9. The van der Waals surface area contributed by atoms with E-state index in [0.29, 0.717) is 30.7 Å². The number of sulfonamides is 1. The van der Waals surface area contributed by atoms with Crippen molar-refractivity contribution in [2.45, 2.75) is 24.3 Å². The number of amides is 1. The number of hydrogen-bond acceptors (Lipinski definition) is 7. The number of sulfone groups is 1. The molecule has 12 heteroatoms. The van der Waals surface area contributed by atoms with Gasteiger partial charge in [-0.15, -0.1) is 0 Å². The van der Waals surface area contributed by atoms with Gasteiger partial charge in [0.15, 0.2) is 14.6 Å². The van der Waals surface area contributed by atoms with Gasteiger partial charge in [-0.05, 0) is 37.3 Å². The molecule has 0 bridgehead atoms. The normalized spacial score (nSPS) is 19.4. The van der Waals surface area contributed by atoms with Crippen LogP contribution in [0.3, 0.4) is 0 Å². The Labute approximate surface area is 185 Å². The van der Waals surface area contributed by atoms with Crippen LogP contribution in [0.25, 0.3) is 10.2 Å². The number of nitrogens with zero attached hydrogens (tertiary/aromatic N) is 3. The Hall–Kier alpha value is -1.21. The number of thioether (sulfide) groups is 1. The Bertz CT molecular complexity index is 1230. The van der Waals surface area contributed by atoms with Crippen molar-refractivity contribution < 1.29 is 21.6 Å². The first-order chi connectivity index (χ1) is 14.0. The molecule has 2 aromatic rings. The van der Waals surface area contributed by atoms with Gasteiger partial charge in [-0.25, -0.2) is 21.1 Å². The van der Waals surface area contributed by atoms with Crippen LogP contribution in [0.2, 0.25) is 0 Å². The standard InChI is InChI=1S/C18H25N3O5S4/c1-27-10-9-21-15-7-6-14(29(2,23)24)11-16(15)28-18(21)19-17(22)13-5-4-8-20(12-13)30(3,25)26/h6-7,11,13H,4-5,8-10,12H2,1-3H3. The SMILES string of the molecule is CSCCn1c(=NC(=O)C2CCCN(S(C)(=O)=O)C2)sc2cc(S(C)(=O)=O)ccc21. The van der Waals surface area contributed by atoms with Crippen molar-refractivity contribution in [2.24, 2.45) is 10.9 Å². The van der Waals surface area contributed by atoms with E-state index in [-0.39, 0.29) is 17.3 Å². The minimum absolute atomic E-state index is 0.148. The van der Waals surface area contributed by atoms with Gasteiger partial charge in [-0.2, -0.15) is 16.8 Å². The van der Waals surface area contributed by atoms with E-state index in [9.17, 15) is 21.6 Å². The van der Waals surface area contributed by atoms with Gasteiger partial charge in [-0.3, -0.25) is 4.79 Å². The van der Waals surface area contributed by atoms with Gasteiger partial charge in [0.2, 0.25) is 10.0 Å². The quantitative estimate of drug-likeness (QED) is 0.607. The van der Waals surface area contributed by atoms with Gasteiger partial charge in [0.25, 0.3) is 5.91 Å². The molecule has 1 fully saturated rings. The number of aromatic nitrogens is 1. The van der Waals surface area contributed by atoms with Gasteiger partial charge in [-0.1, -0.05) is 11.3 Å². The highest BCUT2D eigenvalue weighted by Crippen LogP contribution is 2.23. The topological polar surface area (TPSA) is 106 Å². The second-order valence-electron chi connectivity index (χ2n) is 7.34. The maximum Gasteiger partial charge on any atom is 0.252 e. The molecule has 1 unspecified atom stereocenters. The molecule has 0 radical (unpaired) electrons. The van der Waals surface area contributed by atoms with Crippen LogP contribution >= 0.6 is 23.1 Å². The number of rotatable bonds is 6. The van der Waals surface area contributed by atoms with E-state index in [1.54, 1.807) is 30.0 Å². The van der Waals surface area contributed by atoms with E-state index >= 15 is 0 Å². The summed E-state index contributed by atoms with van der Waals surface area (Å²) in [6, 6.07) is 4.93. The average molecular weight is 492 g/mol. The molecule has 1 aliphatic heterocycles. The van der Waals surface area contributed by atoms with E-state index in [1.807, 2.05) is 10.8 Å². The summed E-state index contributed by atoms with van der Waals surface area (Å²) in [5.41, 5.74) is 0.828. The highest BCUT2D eigenvalue weighted by molar-refractivity contribution is 7.98. The van der Waals surface area contributed by atoms with Gasteiger partial charge in [0.1, 0.15) is 0 Å². The summed E-state index contributed by atoms with van der Waals surface area (Å²) in [6.07, 6.45) is 5.52. The number of carbonyl (C=O) groups excluding carboxylic acids is 1. The second-order valence-corrected chi connectivity index (χ2v) is 13.3. The molecule has 0 spiro atoms. The fourth-order valence-corrected chi connectivity index (χ4v) is 6.50. The van der Waals surface area contributed by atoms with Gasteiger partial charge >= 0.3 is 0 Å². The van der Waals surface area contributed by atoms with Crippen molar-refractivity contribution in [3.63, 3.8) is 0 Å². The van der Waals surface area contributed by atoms with Crippen molar-refractivity contribution in [1.82, 2.24) is 8.87 Å². The zero-order chi connectivity index (χ0) is 22.1. The van der Waals surface area contributed by atoms with E-state index < -0.39 is 25.8 Å². The molecule has 30 heavy (non-hydrogen) atoms. The Morgan fingerprint density at radius 1 is 1.27 bits per heavy atom. The number of fused-ring (bicyclic) bond motifs is 1. The average Bonchev–Trinajstić information content (AvgIpc) is 3.01. The molecule has 0 saturated carbocycles. The summed E-state index contributed by atoms with van der Waals surface area (Å²) < 4.78 is 51.5. The smallest absolute Gasteiger partial charge is 0.252 e. The molecule has 1 amide bonds. The minimum atomic E-state index is -3.35. The van der Waals surface area contributed by atoms with Crippen molar-refractivity contribution >= 4 is 59.1 Å². The van der Waals surface area contributed by atoms with Crippen LogP contribution in [0, 0.1) is 5.92 Å². The van der Waals surface area contributed by atoms with Gasteiger partial charge < -0.3 is 4.57 Å². The molecule has 3 rings (SSSR count). The molecule has 1 aromatic heterocycles. The number of benzene rings is 1. The van der Waals surface area contributed by atoms with E-state index in [1.165, 1.54) is 15.6 Å². The third-order valence-electron chi connectivity index (χ3n) is 5.01. The van der Waals surface area contributed by atoms with Gasteiger partial charge in [0, 0.05) is 31.6 Å². The molecular weight excluding hydrogens is 466 g/mol. The lowest BCUT2D eigenvalue weighted by Crippen LogP contribution is -2.41. The van der Waals surface area contributed by atoms with Crippen LogP contribution < -0.4 is 4.80 Å². The van der Waals surface area contributed by atoms with Gasteiger partial charge in [0.05, 0.1) is 27.3 Å². The number of hydrogen-bond donors (Lipinski definition) is 0. The summed E-state index contributed by atoms with van der Waals surface area (Å²) in [7, 11) is -6.69. The van der Waals surface area contributed by atoms with Crippen LogP contribution in [-0.4, -0.2) is 69.2 Å². The number of aryl methyl sites for hydroxylation is 1. The first-order valence-corrected chi connectivity index (χ1v) is 15.3. The van der Waals surface area contributed by atoms with E-state index in [4.69, 9.17) is 0 Å². The third kappa shape index (κ3) is 5.34. The monoisotopic (exact) mass is 491 g/mol. The summed E-state index contributed by atoms with van der Waals surface area (Å²) in [5.74, 6) is 0.00202. The largest absolute Gasteiger partial charge is 0.316 e. The highest BCUT2D eigenvalue weighted by Gasteiger charge is 2.30. The predicted octanol–water partition coefficient (Wildman–Crippen LogP) is 1.57. The Kier molecular flexibility index (Phi) is 7.12. The number of carbonyl (C=O) groups is 1. The minimum Gasteiger partial charge on any atom is -0.316 e. The summed E-state index contributed by atoms with van der Waals surface area (Å²) in [5, 5.41) is 0. The van der Waals surface area contributed by atoms with Crippen molar-refractivity contribution in [3.05, 3.63) is 23.0 Å². The zero-order valence-electron chi connectivity index (χ0n) is 17.1. The van der Waals surface area contributed by atoms with Crippen molar-refractivity contribution in [2.75, 3.05) is 37.6 Å². The van der Waals surface area contributed by atoms with Crippen LogP contribution in [0.15, 0.2) is 28.1 Å². The summed E-state index contributed by atoms with van der Waals surface area (Å²) in [6.45, 7) is 1.20.